The van der Waals surface area contributed by atoms with Gasteiger partial charge in [0.25, 0.3) is 0 Å². The Balaban J connectivity index is 1.20. The van der Waals surface area contributed by atoms with Crippen molar-refractivity contribution in [3.63, 3.8) is 0 Å². The van der Waals surface area contributed by atoms with Gasteiger partial charge in [-0.3, -0.25) is 0 Å². The molecule has 25 heavy (non-hydrogen) atoms. The smallest absolute Gasteiger partial charge is 0.137 e. The lowest BCUT2D eigenvalue weighted by molar-refractivity contribution is -0.908. The van der Waals surface area contributed by atoms with Crippen LogP contribution in [0.25, 0.3) is 0 Å². The van der Waals surface area contributed by atoms with Crippen LogP contribution in [0.15, 0.2) is 24.3 Å². The molecule has 1 N–H and O–H groups in total. The van der Waals surface area contributed by atoms with Gasteiger partial charge in [0.15, 0.2) is 0 Å². The highest BCUT2D eigenvalue weighted by Crippen LogP contribution is 2.60. The second kappa shape index (κ2) is 6.59. The molecule has 0 amide bonds. The predicted octanol–water partition coefficient (Wildman–Crippen LogP) is 2.45. The molecule has 1 aromatic rings. The molecule has 136 valence electrons. The SMILES string of the molecule is c1cc(C23CC4CC(CC(C4)C2)C3)ccc1OCC[NH+]1CCOCC1. The molecular formula is C22H32NO2+. The van der Waals surface area contributed by atoms with E-state index in [2.05, 4.69) is 24.3 Å². The highest BCUT2D eigenvalue weighted by Gasteiger charge is 2.51. The van der Waals surface area contributed by atoms with E-state index in [9.17, 15) is 0 Å². The van der Waals surface area contributed by atoms with Crippen molar-refractivity contribution in [2.24, 2.45) is 17.8 Å². The molecule has 1 aliphatic heterocycles. The minimum Gasteiger partial charge on any atom is -0.488 e. The summed E-state index contributed by atoms with van der Waals surface area (Å²) in [5.74, 6) is 4.08. The topological polar surface area (TPSA) is 22.9 Å². The molecule has 5 fully saturated rings. The number of nitrogens with one attached hydrogen (secondary N) is 1. The Morgan fingerprint density at radius 3 is 2.12 bits per heavy atom. The summed E-state index contributed by atoms with van der Waals surface area (Å²) in [4.78, 5) is 1.61. The third-order valence-electron chi connectivity index (χ3n) is 7.43. The number of rotatable bonds is 5. The van der Waals surface area contributed by atoms with Crippen molar-refractivity contribution in [3.05, 3.63) is 29.8 Å². The molecule has 1 heterocycles. The van der Waals surface area contributed by atoms with E-state index in [0.29, 0.717) is 5.41 Å². The molecule has 0 radical (unpaired) electrons. The van der Waals surface area contributed by atoms with E-state index in [4.69, 9.17) is 9.47 Å². The molecule has 3 nitrogen and oxygen atoms in total. The van der Waals surface area contributed by atoms with Crippen molar-refractivity contribution in [3.8, 4) is 5.75 Å². The first-order valence-electron chi connectivity index (χ1n) is 10.4. The van der Waals surface area contributed by atoms with Gasteiger partial charge in [0.05, 0.1) is 13.2 Å². The van der Waals surface area contributed by atoms with E-state index in [0.717, 1.165) is 63.0 Å². The standard InChI is InChI=1S/C22H31NO2/c1-3-21(25-10-7-23-5-8-24-9-6-23)4-2-20(1)22-14-17-11-18(15-22)13-19(12-17)16-22/h1-4,17-19H,5-16H2/p+1. The molecule has 5 aliphatic rings. The molecule has 4 aliphatic carbocycles. The lowest BCUT2D eigenvalue weighted by Gasteiger charge is -2.57. The van der Waals surface area contributed by atoms with Crippen molar-refractivity contribution in [2.45, 2.75) is 43.9 Å². The monoisotopic (exact) mass is 342 g/mol. The van der Waals surface area contributed by atoms with Crippen LogP contribution in [0.2, 0.25) is 0 Å². The zero-order valence-electron chi connectivity index (χ0n) is 15.3. The van der Waals surface area contributed by atoms with Crippen molar-refractivity contribution in [1.29, 1.82) is 0 Å². The summed E-state index contributed by atoms with van der Waals surface area (Å²) in [6.45, 7) is 5.93. The average molecular weight is 343 g/mol. The van der Waals surface area contributed by atoms with Crippen LogP contribution < -0.4 is 9.64 Å². The van der Waals surface area contributed by atoms with Crippen LogP contribution in [0.4, 0.5) is 0 Å². The fraction of sp³-hybridized carbons (Fsp3) is 0.727. The van der Waals surface area contributed by atoms with Gasteiger partial charge in [0.1, 0.15) is 32.0 Å². The third-order valence-corrected chi connectivity index (χ3v) is 7.43. The van der Waals surface area contributed by atoms with E-state index >= 15 is 0 Å². The average Bonchev–Trinajstić information content (AvgIpc) is 2.62. The second-order valence-corrected chi connectivity index (χ2v) is 9.18. The van der Waals surface area contributed by atoms with E-state index in [1.165, 1.54) is 38.5 Å². The maximum atomic E-state index is 6.02. The molecule has 4 bridgehead atoms. The fourth-order valence-electron chi connectivity index (χ4n) is 6.59. The van der Waals surface area contributed by atoms with E-state index in [-0.39, 0.29) is 0 Å². The molecule has 1 aromatic carbocycles. The Kier molecular flexibility index (Phi) is 4.25. The summed E-state index contributed by atoms with van der Waals surface area (Å²) < 4.78 is 11.4. The molecule has 0 spiro atoms. The zero-order valence-corrected chi connectivity index (χ0v) is 15.3. The van der Waals surface area contributed by atoms with Crippen molar-refractivity contribution in [1.82, 2.24) is 0 Å². The van der Waals surface area contributed by atoms with Crippen LogP contribution in [0.3, 0.4) is 0 Å². The summed E-state index contributed by atoms with van der Waals surface area (Å²) >= 11 is 0. The number of morpholine rings is 1. The Morgan fingerprint density at radius 1 is 0.920 bits per heavy atom. The zero-order chi connectivity index (χ0) is 16.7. The molecule has 0 aromatic heterocycles. The van der Waals surface area contributed by atoms with Gasteiger partial charge in [-0.1, -0.05) is 12.1 Å². The molecule has 0 unspecified atom stereocenters. The van der Waals surface area contributed by atoms with Crippen LogP contribution in [-0.4, -0.2) is 39.5 Å². The molecule has 0 atom stereocenters. The summed E-state index contributed by atoms with van der Waals surface area (Å²) in [6.07, 6.45) is 8.89. The van der Waals surface area contributed by atoms with Crippen LogP contribution >= 0.6 is 0 Å². The number of ether oxygens (including phenoxy) is 2. The van der Waals surface area contributed by atoms with Crippen LogP contribution in [0.1, 0.15) is 44.1 Å². The highest BCUT2D eigenvalue weighted by molar-refractivity contribution is 5.34. The maximum Gasteiger partial charge on any atom is 0.137 e. The summed E-state index contributed by atoms with van der Waals surface area (Å²) in [6, 6.07) is 9.21. The summed E-state index contributed by atoms with van der Waals surface area (Å²) in [5, 5.41) is 0. The Morgan fingerprint density at radius 2 is 1.52 bits per heavy atom. The van der Waals surface area contributed by atoms with Crippen LogP contribution in [0.5, 0.6) is 5.75 Å². The molecule has 4 saturated carbocycles. The summed E-state index contributed by atoms with van der Waals surface area (Å²) in [7, 11) is 0. The van der Waals surface area contributed by atoms with Gasteiger partial charge < -0.3 is 14.4 Å². The first-order valence-corrected chi connectivity index (χ1v) is 10.4. The van der Waals surface area contributed by atoms with Gasteiger partial charge in [0.2, 0.25) is 0 Å². The van der Waals surface area contributed by atoms with Gasteiger partial charge in [-0.2, -0.15) is 0 Å². The van der Waals surface area contributed by atoms with Crippen molar-refractivity contribution < 1.29 is 14.4 Å². The predicted molar refractivity (Wildman–Crippen MR) is 98.2 cm³/mol. The van der Waals surface area contributed by atoms with Gasteiger partial charge in [-0.05, 0) is 79.4 Å². The van der Waals surface area contributed by atoms with Gasteiger partial charge >= 0.3 is 0 Å². The number of benzene rings is 1. The van der Waals surface area contributed by atoms with E-state index < -0.39 is 0 Å². The molecular weight excluding hydrogens is 310 g/mol. The highest BCUT2D eigenvalue weighted by atomic mass is 16.5. The van der Waals surface area contributed by atoms with Gasteiger partial charge in [0, 0.05) is 0 Å². The first kappa shape index (κ1) is 16.1. The van der Waals surface area contributed by atoms with Gasteiger partial charge in [-0.25, -0.2) is 0 Å². The largest absolute Gasteiger partial charge is 0.488 e. The minimum absolute atomic E-state index is 0.505. The Bertz CT molecular complexity index is 555. The van der Waals surface area contributed by atoms with E-state index in [1.54, 1.807) is 10.5 Å². The van der Waals surface area contributed by atoms with Gasteiger partial charge in [-0.15, -0.1) is 0 Å². The molecule has 3 heteroatoms. The first-order chi connectivity index (χ1) is 12.3. The quantitative estimate of drug-likeness (QED) is 0.888. The number of hydrogen-bond acceptors (Lipinski definition) is 2. The lowest BCUT2D eigenvalue weighted by atomic mass is 9.48. The van der Waals surface area contributed by atoms with E-state index in [1.807, 2.05) is 0 Å². The molecule has 6 rings (SSSR count). The van der Waals surface area contributed by atoms with Crippen molar-refractivity contribution >= 4 is 0 Å². The number of quaternary nitrogens is 1. The normalized spacial score (nSPS) is 37.4. The van der Waals surface area contributed by atoms with Crippen LogP contribution in [-0.2, 0) is 10.2 Å². The van der Waals surface area contributed by atoms with Crippen LogP contribution in [0, 0.1) is 17.8 Å². The third kappa shape index (κ3) is 3.21. The van der Waals surface area contributed by atoms with Crippen molar-refractivity contribution in [2.75, 3.05) is 39.5 Å². The Labute approximate surface area is 151 Å². The minimum atomic E-state index is 0.505. The number of hydrogen-bond donors (Lipinski definition) is 1. The summed E-state index contributed by atoms with van der Waals surface area (Å²) in [5.41, 5.74) is 2.10. The molecule has 1 saturated heterocycles. The fourth-order valence-corrected chi connectivity index (χ4v) is 6.59. The lowest BCUT2D eigenvalue weighted by Crippen LogP contribution is -3.14. The Hall–Kier alpha value is -1.06. The maximum absolute atomic E-state index is 6.02. The second-order valence-electron chi connectivity index (χ2n) is 9.18.